The van der Waals surface area contributed by atoms with E-state index in [9.17, 15) is 4.79 Å². The lowest BCUT2D eigenvalue weighted by atomic mass is 9.78. The fourth-order valence-corrected chi connectivity index (χ4v) is 3.00. The van der Waals surface area contributed by atoms with Crippen LogP contribution in [-0.4, -0.2) is 36.9 Å². The van der Waals surface area contributed by atoms with E-state index in [4.69, 9.17) is 14.0 Å². The fraction of sp³-hybridized carbons (Fsp3) is 0.650. The summed E-state index contributed by atoms with van der Waals surface area (Å²) in [5.41, 5.74) is 0.644. The first-order valence-electron chi connectivity index (χ1n) is 9.67. The van der Waals surface area contributed by atoms with Crippen molar-refractivity contribution in [3.05, 3.63) is 23.8 Å². The summed E-state index contributed by atoms with van der Waals surface area (Å²) in [6.07, 6.45) is 4.18. The van der Waals surface area contributed by atoms with E-state index in [2.05, 4.69) is 5.32 Å². The molecule has 1 saturated carbocycles. The van der Waals surface area contributed by atoms with Crippen molar-refractivity contribution in [2.45, 2.75) is 77.5 Å². The summed E-state index contributed by atoms with van der Waals surface area (Å²) < 4.78 is 18.1. The van der Waals surface area contributed by atoms with Crippen LogP contribution in [0.5, 0.6) is 5.75 Å². The number of hydrogen-bond acceptors (Lipinski definition) is 4. The van der Waals surface area contributed by atoms with Crippen LogP contribution < -0.4 is 15.5 Å². The van der Waals surface area contributed by atoms with E-state index < -0.39 is 18.3 Å². The summed E-state index contributed by atoms with van der Waals surface area (Å²) in [6.45, 7) is 10.7. The number of carbonyl (C=O) groups excluding carboxylic acids is 1. The second-order valence-corrected chi connectivity index (χ2v) is 8.29. The Kier molecular flexibility index (Phi) is 5.36. The quantitative estimate of drug-likeness (QED) is 0.794. The van der Waals surface area contributed by atoms with Gasteiger partial charge in [0, 0.05) is 6.04 Å². The van der Waals surface area contributed by atoms with Crippen LogP contribution in [0.3, 0.4) is 0 Å². The SMILES string of the molecule is CCCOc1cc(B2OC(C)(C)C(C)(C)O2)ccc1C(=O)NC1CCC1. The maximum absolute atomic E-state index is 12.6. The van der Waals surface area contributed by atoms with Crippen LogP contribution >= 0.6 is 0 Å². The van der Waals surface area contributed by atoms with E-state index >= 15 is 0 Å². The Hall–Kier alpha value is -1.53. The molecule has 1 aliphatic carbocycles. The Morgan fingerprint density at radius 2 is 1.88 bits per heavy atom. The highest BCUT2D eigenvalue weighted by molar-refractivity contribution is 6.62. The number of benzene rings is 1. The highest BCUT2D eigenvalue weighted by Gasteiger charge is 2.51. The predicted octanol–water partition coefficient (Wildman–Crippen LogP) is 3.06. The summed E-state index contributed by atoms with van der Waals surface area (Å²) >= 11 is 0. The molecular formula is C20H30BNO4. The molecule has 0 aromatic heterocycles. The van der Waals surface area contributed by atoms with Gasteiger partial charge in [-0.2, -0.15) is 0 Å². The van der Waals surface area contributed by atoms with Gasteiger partial charge in [0.25, 0.3) is 5.91 Å². The highest BCUT2D eigenvalue weighted by atomic mass is 16.7. The molecule has 6 heteroatoms. The van der Waals surface area contributed by atoms with Gasteiger partial charge < -0.3 is 19.4 Å². The molecule has 0 radical (unpaired) electrons. The molecule has 1 N–H and O–H groups in total. The molecule has 1 aliphatic heterocycles. The number of ether oxygens (including phenoxy) is 1. The van der Waals surface area contributed by atoms with Gasteiger partial charge in [0.2, 0.25) is 0 Å². The van der Waals surface area contributed by atoms with Crippen LogP contribution in [0.4, 0.5) is 0 Å². The minimum atomic E-state index is -0.465. The van der Waals surface area contributed by atoms with Gasteiger partial charge in [-0.1, -0.05) is 13.0 Å². The molecule has 0 unspecified atom stereocenters. The lowest BCUT2D eigenvalue weighted by Crippen LogP contribution is -2.41. The van der Waals surface area contributed by atoms with Crippen LogP contribution in [0.1, 0.15) is 70.7 Å². The van der Waals surface area contributed by atoms with Crippen molar-refractivity contribution < 1.29 is 18.8 Å². The van der Waals surface area contributed by atoms with Crippen LogP contribution in [0, 0.1) is 0 Å². The van der Waals surface area contributed by atoms with E-state index in [-0.39, 0.29) is 5.91 Å². The Bertz CT molecular complexity index is 654. The first-order chi connectivity index (χ1) is 12.2. The normalized spacial score (nSPS) is 21.3. The summed E-state index contributed by atoms with van der Waals surface area (Å²) in [5.74, 6) is 0.525. The van der Waals surface area contributed by atoms with Gasteiger partial charge in [-0.25, -0.2) is 0 Å². The third-order valence-electron chi connectivity index (χ3n) is 5.68. The molecule has 1 heterocycles. The number of rotatable bonds is 6. The van der Waals surface area contributed by atoms with Crippen molar-refractivity contribution in [2.24, 2.45) is 0 Å². The third kappa shape index (κ3) is 3.76. The van der Waals surface area contributed by atoms with Gasteiger partial charge >= 0.3 is 7.12 Å². The zero-order valence-corrected chi connectivity index (χ0v) is 16.6. The number of nitrogens with one attached hydrogen (secondary N) is 1. The molecule has 0 spiro atoms. The molecule has 0 bridgehead atoms. The molecule has 3 rings (SSSR count). The molecule has 142 valence electrons. The van der Waals surface area contributed by atoms with Gasteiger partial charge in [0.05, 0.1) is 23.4 Å². The van der Waals surface area contributed by atoms with E-state index in [0.29, 0.717) is 24.0 Å². The van der Waals surface area contributed by atoms with Crippen LogP contribution in [-0.2, 0) is 9.31 Å². The average molecular weight is 359 g/mol. The molecule has 2 fully saturated rings. The maximum Gasteiger partial charge on any atom is 0.494 e. The lowest BCUT2D eigenvalue weighted by Gasteiger charge is -2.32. The standard InChI is InChI=1S/C20H30BNO4/c1-6-12-24-17-13-14(21-25-19(2,3)20(4,5)26-21)10-11-16(17)18(23)22-15-8-7-9-15/h10-11,13,15H,6-9,12H2,1-5H3,(H,22,23). The zero-order chi connectivity index (χ0) is 18.9. The van der Waals surface area contributed by atoms with Crippen LogP contribution in [0.25, 0.3) is 0 Å². The second-order valence-electron chi connectivity index (χ2n) is 8.29. The first kappa shape index (κ1) is 19.2. The Labute approximate surface area is 156 Å². The number of amides is 1. The lowest BCUT2D eigenvalue weighted by molar-refractivity contribution is 0.00578. The van der Waals surface area contributed by atoms with Crippen molar-refractivity contribution in [1.29, 1.82) is 0 Å². The molecule has 0 atom stereocenters. The fourth-order valence-electron chi connectivity index (χ4n) is 3.00. The number of hydrogen-bond donors (Lipinski definition) is 1. The number of carbonyl (C=O) groups is 1. The Balaban J connectivity index is 1.83. The highest BCUT2D eigenvalue weighted by Crippen LogP contribution is 2.36. The maximum atomic E-state index is 12.6. The van der Waals surface area contributed by atoms with Crippen molar-refractivity contribution in [3.63, 3.8) is 0 Å². The Morgan fingerprint density at radius 3 is 2.42 bits per heavy atom. The molecule has 1 saturated heterocycles. The van der Waals surface area contributed by atoms with E-state index in [1.807, 2.05) is 52.8 Å². The van der Waals surface area contributed by atoms with Gasteiger partial charge in [0.1, 0.15) is 5.75 Å². The summed E-state index contributed by atoms with van der Waals surface area (Å²) in [5, 5.41) is 3.08. The molecular weight excluding hydrogens is 329 g/mol. The average Bonchev–Trinajstić information content (AvgIpc) is 2.76. The molecule has 2 aliphatic rings. The molecule has 1 aromatic rings. The molecule has 26 heavy (non-hydrogen) atoms. The van der Waals surface area contributed by atoms with Crippen LogP contribution in [0.15, 0.2) is 18.2 Å². The largest absolute Gasteiger partial charge is 0.494 e. The van der Waals surface area contributed by atoms with Crippen molar-refractivity contribution in [2.75, 3.05) is 6.61 Å². The van der Waals surface area contributed by atoms with Gasteiger partial charge in [-0.05, 0) is 71.0 Å². The van der Waals surface area contributed by atoms with E-state index in [1.54, 1.807) is 0 Å². The Morgan fingerprint density at radius 1 is 1.23 bits per heavy atom. The minimum Gasteiger partial charge on any atom is -0.493 e. The second kappa shape index (κ2) is 7.24. The molecule has 1 amide bonds. The summed E-state index contributed by atoms with van der Waals surface area (Å²) in [7, 11) is -0.465. The van der Waals surface area contributed by atoms with Crippen molar-refractivity contribution >= 4 is 18.5 Å². The summed E-state index contributed by atoms with van der Waals surface area (Å²) in [6, 6.07) is 5.90. The zero-order valence-electron chi connectivity index (χ0n) is 16.6. The van der Waals surface area contributed by atoms with E-state index in [0.717, 1.165) is 24.7 Å². The van der Waals surface area contributed by atoms with E-state index in [1.165, 1.54) is 6.42 Å². The van der Waals surface area contributed by atoms with Gasteiger partial charge in [-0.3, -0.25) is 4.79 Å². The van der Waals surface area contributed by atoms with Gasteiger partial charge in [0.15, 0.2) is 0 Å². The summed E-state index contributed by atoms with van der Waals surface area (Å²) in [4.78, 5) is 12.6. The topological polar surface area (TPSA) is 56.8 Å². The smallest absolute Gasteiger partial charge is 0.493 e. The van der Waals surface area contributed by atoms with Crippen LogP contribution in [0.2, 0.25) is 0 Å². The predicted molar refractivity (Wildman–Crippen MR) is 103 cm³/mol. The first-order valence-corrected chi connectivity index (χ1v) is 9.67. The molecule has 5 nitrogen and oxygen atoms in total. The van der Waals surface area contributed by atoms with Gasteiger partial charge in [-0.15, -0.1) is 0 Å². The monoisotopic (exact) mass is 359 g/mol. The minimum absolute atomic E-state index is 0.0683. The molecule has 1 aromatic carbocycles. The van der Waals surface area contributed by atoms with Crippen molar-refractivity contribution in [1.82, 2.24) is 5.32 Å². The van der Waals surface area contributed by atoms with Crippen molar-refractivity contribution in [3.8, 4) is 5.75 Å². The third-order valence-corrected chi connectivity index (χ3v) is 5.68.